The van der Waals surface area contributed by atoms with E-state index >= 15 is 0 Å². The fourth-order valence-electron chi connectivity index (χ4n) is 3.22. The number of aromatic amines is 2. The van der Waals surface area contributed by atoms with Crippen LogP contribution in [-0.4, -0.2) is 77.2 Å². The molecule has 0 aliphatic rings. The number of nitrogens with zero attached hydrogens (tertiary/aromatic N) is 4. The molecule has 4 rings (SSSR count). The van der Waals surface area contributed by atoms with Gasteiger partial charge >= 0.3 is 0 Å². The molecule has 4 aromatic rings. The van der Waals surface area contributed by atoms with E-state index in [2.05, 4.69) is 41.0 Å². The molecule has 0 spiro atoms. The topological polar surface area (TPSA) is 221 Å². The molecule has 2 aromatic carbocycles. The van der Waals surface area contributed by atoms with Gasteiger partial charge in [0.05, 0.1) is 34.6 Å². The van der Waals surface area contributed by atoms with Gasteiger partial charge in [-0.1, -0.05) is 24.3 Å². The molecule has 36 heavy (non-hydrogen) atoms. The predicted molar refractivity (Wildman–Crippen MR) is 133 cm³/mol. The minimum Gasteiger partial charge on any atom is -0.394 e. The summed E-state index contributed by atoms with van der Waals surface area (Å²) < 4.78 is 0. The molecule has 14 nitrogen and oxygen atoms in total. The van der Waals surface area contributed by atoms with Crippen LogP contribution in [0.25, 0.3) is 21.8 Å². The van der Waals surface area contributed by atoms with Gasteiger partial charge in [-0.2, -0.15) is 10.2 Å². The second-order valence-corrected chi connectivity index (χ2v) is 7.57. The van der Waals surface area contributed by atoms with Crippen LogP contribution in [0.15, 0.2) is 68.3 Å². The summed E-state index contributed by atoms with van der Waals surface area (Å²) >= 11 is 0. The van der Waals surface area contributed by atoms with Crippen molar-refractivity contribution in [1.82, 2.24) is 19.9 Å². The molecule has 0 saturated carbocycles. The van der Waals surface area contributed by atoms with Crippen LogP contribution >= 0.6 is 0 Å². The highest BCUT2D eigenvalue weighted by Gasteiger charge is 2.28. The van der Waals surface area contributed by atoms with Gasteiger partial charge in [-0.3, -0.25) is 19.6 Å². The highest BCUT2D eigenvalue weighted by atomic mass is 16.4. The van der Waals surface area contributed by atoms with Gasteiger partial charge in [-0.25, -0.2) is 20.8 Å². The van der Waals surface area contributed by atoms with E-state index < -0.39 is 36.0 Å². The van der Waals surface area contributed by atoms with Crippen molar-refractivity contribution < 1.29 is 20.4 Å². The maximum atomic E-state index is 12.3. The minimum atomic E-state index is -1.83. The molecule has 0 fully saturated rings. The summed E-state index contributed by atoms with van der Waals surface area (Å²) in [6, 6.07) is 13.3. The van der Waals surface area contributed by atoms with Crippen LogP contribution in [-0.2, 0) is 0 Å². The summed E-state index contributed by atoms with van der Waals surface area (Å²) in [6.45, 7) is -0.823. The van der Waals surface area contributed by atoms with Crippen molar-refractivity contribution in [3.63, 3.8) is 0 Å². The lowest BCUT2D eigenvalue weighted by Crippen LogP contribution is -2.44. The molecule has 0 saturated heterocycles. The lowest BCUT2D eigenvalue weighted by Gasteiger charge is -2.21. The third-order valence-corrected chi connectivity index (χ3v) is 5.09. The molecule has 0 radical (unpaired) electrons. The Bertz CT molecular complexity index is 1550. The first-order valence-corrected chi connectivity index (χ1v) is 10.6. The molecule has 0 aliphatic heterocycles. The molecular formula is C22H22N8O6. The predicted octanol–water partition coefficient (Wildman–Crippen LogP) is -0.900. The quantitative estimate of drug-likeness (QED) is 0.106. The zero-order valence-electron chi connectivity index (χ0n) is 18.5. The normalized spacial score (nSPS) is 14.7. The number of aromatic nitrogens is 4. The Morgan fingerprint density at radius 1 is 0.889 bits per heavy atom. The van der Waals surface area contributed by atoms with Gasteiger partial charge in [0.2, 0.25) is 11.9 Å². The van der Waals surface area contributed by atoms with Gasteiger partial charge < -0.3 is 20.4 Å². The number of fused-ring (bicyclic) bond motifs is 2. The smallest absolute Gasteiger partial charge is 0.260 e. The first-order valence-electron chi connectivity index (χ1n) is 10.6. The van der Waals surface area contributed by atoms with E-state index in [0.717, 1.165) is 6.21 Å². The molecule has 2 heterocycles. The lowest BCUT2D eigenvalue weighted by atomic mass is 10.0. The van der Waals surface area contributed by atoms with Crippen molar-refractivity contribution in [2.24, 2.45) is 10.2 Å². The zero-order chi connectivity index (χ0) is 25.7. The zero-order valence-corrected chi connectivity index (χ0v) is 18.5. The van der Waals surface area contributed by atoms with E-state index in [-0.39, 0.29) is 17.6 Å². The van der Waals surface area contributed by atoms with E-state index in [4.69, 9.17) is 5.11 Å². The van der Waals surface area contributed by atoms with Crippen molar-refractivity contribution in [2.45, 2.75) is 18.3 Å². The summed E-state index contributed by atoms with van der Waals surface area (Å²) in [5, 5.41) is 48.0. The SMILES string of the molecule is O=c1[nH]c(N/N=C\C(=N/Nc2nc3ccccc3c(=O)[nH]2)C(O)C(O)C(O)CO)nc2ccccc12. The van der Waals surface area contributed by atoms with Crippen LogP contribution < -0.4 is 22.0 Å². The number of hydrazone groups is 2. The average molecular weight is 494 g/mol. The molecular weight excluding hydrogens is 472 g/mol. The molecule has 0 aliphatic carbocycles. The Labute approximate surface area is 201 Å². The van der Waals surface area contributed by atoms with Crippen LogP contribution in [0.2, 0.25) is 0 Å². The molecule has 14 heteroatoms. The first kappa shape index (κ1) is 24.6. The average Bonchev–Trinajstić information content (AvgIpc) is 2.89. The van der Waals surface area contributed by atoms with Crippen molar-refractivity contribution in [3.05, 3.63) is 69.2 Å². The van der Waals surface area contributed by atoms with Crippen LogP contribution in [0, 0.1) is 0 Å². The third-order valence-electron chi connectivity index (χ3n) is 5.09. The van der Waals surface area contributed by atoms with Gasteiger partial charge in [0.15, 0.2) is 0 Å². The van der Waals surface area contributed by atoms with Crippen molar-refractivity contribution in [3.8, 4) is 0 Å². The number of H-pyrrole nitrogens is 2. The van der Waals surface area contributed by atoms with E-state index in [1.54, 1.807) is 48.5 Å². The summed E-state index contributed by atoms with van der Waals surface area (Å²) in [5.74, 6) is -0.0734. The Hall–Kier alpha value is -4.50. The highest BCUT2D eigenvalue weighted by molar-refractivity contribution is 6.33. The molecule has 0 amide bonds. The van der Waals surface area contributed by atoms with Gasteiger partial charge in [-0.15, -0.1) is 0 Å². The number of aliphatic hydroxyl groups excluding tert-OH is 4. The van der Waals surface area contributed by atoms with Gasteiger partial charge in [0.1, 0.15) is 24.0 Å². The number of benzene rings is 2. The fraction of sp³-hybridized carbons (Fsp3) is 0.182. The highest BCUT2D eigenvalue weighted by Crippen LogP contribution is 2.10. The number of para-hydroxylation sites is 2. The number of hydrogen-bond donors (Lipinski definition) is 8. The van der Waals surface area contributed by atoms with Gasteiger partial charge in [-0.05, 0) is 24.3 Å². The molecule has 3 atom stereocenters. The standard InChI is InChI=1S/C22H22N8O6/c31-10-16(32)18(34)17(33)15(28-30-22-25-14-8-4-2-6-12(14)20(36)27-22)9-23-29-21-24-13-7-3-1-5-11(13)19(35)26-21/h1-9,16-18,31-34H,10H2,(H2,24,26,29,35)(H2,25,27,30,36)/b23-9-,28-15+. The number of anilines is 2. The Balaban J connectivity index is 1.61. The van der Waals surface area contributed by atoms with E-state index in [1.807, 2.05) is 0 Å². The number of aliphatic hydroxyl groups is 4. The van der Waals surface area contributed by atoms with Crippen LogP contribution in [0.5, 0.6) is 0 Å². The van der Waals surface area contributed by atoms with Crippen LogP contribution in [0.3, 0.4) is 0 Å². The van der Waals surface area contributed by atoms with E-state index in [9.17, 15) is 24.9 Å². The maximum Gasteiger partial charge on any atom is 0.260 e. The first-order chi connectivity index (χ1) is 17.4. The van der Waals surface area contributed by atoms with E-state index in [1.165, 1.54) is 0 Å². The maximum absolute atomic E-state index is 12.3. The molecule has 186 valence electrons. The Kier molecular flexibility index (Phi) is 7.41. The second kappa shape index (κ2) is 10.8. The van der Waals surface area contributed by atoms with Gasteiger partial charge in [0, 0.05) is 0 Å². The van der Waals surface area contributed by atoms with Crippen LogP contribution in [0.4, 0.5) is 11.9 Å². The molecule has 3 unspecified atom stereocenters. The monoisotopic (exact) mass is 494 g/mol. The third kappa shape index (κ3) is 5.42. The largest absolute Gasteiger partial charge is 0.394 e. The van der Waals surface area contributed by atoms with Crippen LogP contribution in [0.1, 0.15) is 0 Å². The summed E-state index contributed by atoms with van der Waals surface area (Å²) in [4.78, 5) is 37.9. The Morgan fingerprint density at radius 3 is 1.97 bits per heavy atom. The summed E-state index contributed by atoms with van der Waals surface area (Å²) in [5.41, 5.74) is 4.61. The number of rotatable bonds is 9. The summed E-state index contributed by atoms with van der Waals surface area (Å²) in [6.07, 6.45) is -4.34. The van der Waals surface area contributed by atoms with Crippen molar-refractivity contribution in [1.29, 1.82) is 0 Å². The van der Waals surface area contributed by atoms with Crippen molar-refractivity contribution >= 4 is 45.6 Å². The van der Waals surface area contributed by atoms with Crippen molar-refractivity contribution in [2.75, 3.05) is 17.5 Å². The summed E-state index contributed by atoms with van der Waals surface area (Å²) in [7, 11) is 0. The van der Waals surface area contributed by atoms with E-state index in [0.29, 0.717) is 21.8 Å². The Morgan fingerprint density at radius 2 is 1.42 bits per heavy atom. The number of hydrogen-bond acceptors (Lipinski definition) is 12. The number of nitrogens with one attached hydrogen (secondary N) is 4. The molecule has 0 bridgehead atoms. The molecule has 2 aromatic heterocycles. The minimum absolute atomic E-state index is 0.00628. The fourth-order valence-corrected chi connectivity index (χ4v) is 3.22. The second-order valence-electron chi connectivity index (χ2n) is 7.57. The molecule has 8 N–H and O–H groups in total. The van der Waals surface area contributed by atoms with Gasteiger partial charge in [0.25, 0.3) is 11.1 Å². The lowest BCUT2D eigenvalue weighted by molar-refractivity contribution is -0.0548.